The molecule has 2 aromatic heterocycles. The van der Waals surface area contributed by atoms with Crippen LogP contribution in [-0.2, 0) is 11.3 Å². The molecule has 25 heavy (non-hydrogen) atoms. The minimum Gasteiger partial charge on any atom is -0.465 e. The van der Waals surface area contributed by atoms with E-state index in [4.69, 9.17) is 0 Å². The van der Waals surface area contributed by atoms with Crippen LogP contribution in [0.1, 0.15) is 26.3 Å². The number of methoxy groups -OCH3 is 1. The molecule has 0 unspecified atom stereocenters. The summed E-state index contributed by atoms with van der Waals surface area (Å²) in [6.07, 6.45) is 1.74. The second kappa shape index (κ2) is 7.72. The number of carbonyl (C=O) groups is 2. The fourth-order valence-electron chi connectivity index (χ4n) is 2.30. The lowest BCUT2D eigenvalue weighted by atomic mass is 10.1. The number of pyridine rings is 1. The molecule has 1 aromatic carbocycles. The van der Waals surface area contributed by atoms with Crippen molar-refractivity contribution in [2.45, 2.75) is 6.54 Å². The second-order valence-electron chi connectivity index (χ2n) is 5.28. The maximum Gasteiger partial charge on any atom is 0.337 e. The van der Waals surface area contributed by atoms with E-state index in [1.54, 1.807) is 41.8 Å². The van der Waals surface area contributed by atoms with Crippen molar-refractivity contribution in [2.75, 3.05) is 7.11 Å². The van der Waals surface area contributed by atoms with Crippen molar-refractivity contribution in [1.29, 1.82) is 0 Å². The van der Waals surface area contributed by atoms with Crippen molar-refractivity contribution in [3.63, 3.8) is 0 Å². The SMILES string of the molecule is COC(=O)c1ccc(C(=O)NCc2ccnc(-c3cccs3)c2)cc1. The molecule has 0 fully saturated rings. The molecule has 6 heteroatoms. The average Bonchev–Trinajstić information content (AvgIpc) is 3.20. The van der Waals surface area contributed by atoms with E-state index in [1.165, 1.54) is 7.11 Å². The van der Waals surface area contributed by atoms with Gasteiger partial charge < -0.3 is 10.1 Å². The smallest absolute Gasteiger partial charge is 0.337 e. The summed E-state index contributed by atoms with van der Waals surface area (Å²) in [5.74, 6) is -0.629. The lowest BCUT2D eigenvalue weighted by molar-refractivity contribution is 0.0600. The molecule has 3 rings (SSSR count). The summed E-state index contributed by atoms with van der Waals surface area (Å²) in [5.41, 5.74) is 2.76. The first-order valence-electron chi connectivity index (χ1n) is 7.63. The molecule has 0 radical (unpaired) electrons. The van der Waals surface area contributed by atoms with Gasteiger partial charge in [-0.1, -0.05) is 6.07 Å². The van der Waals surface area contributed by atoms with Gasteiger partial charge in [0.1, 0.15) is 0 Å². The number of nitrogens with zero attached hydrogens (tertiary/aromatic N) is 1. The van der Waals surface area contributed by atoms with E-state index in [9.17, 15) is 9.59 Å². The Morgan fingerprint density at radius 3 is 2.56 bits per heavy atom. The van der Waals surface area contributed by atoms with Crippen LogP contribution in [0.3, 0.4) is 0 Å². The fraction of sp³-hybridized carbons (Fsp3) is 0.105. The number of hydrogen-bond donors (Lipinski definition) is 1. The summed E-state index contributed by atoms with van der Waals surface area (Å²) < 4.78 is 4.64. The second-order valence-corrected chi connectivity index (χ2v) is 6.23. The molecule has 0 aliphatic carbocycles. The first-order chi connectivity index (χ1) is 12.2. The van der Waals surface area contributed by atoms with Gasteiger partial charge in [0.15, 0.2) is 0 Å². The summed E-state index contributed by atoms with van der Waals surface area (Å²) in [6.45, 7) is 0.401. The van der Waals surface area contributed by atoms with Crippen molar-refractivity contribution in [3.8, 4) is 10.6 Å². The predicted octanol–water partition coefficient (Wildman–Crippen LogP) is 3.53. The van der Waals surface area contributed by atoms with Crippen LogP contribution < -0.4 is 5.32 Å². The third-order valence-electron chi connectivity index (χ3n) is 3.62. The molecule has 5 nitrogen and oxygen atoms in total. The zero-order valence-corrected chi connectivity index (χ0v) is 14.4. The van der Waals surface area contributed by atoms with Gasteiger partial charge in [0, 0.05) is 18.3 Å². The number of esters is 1. The van der Waals surface area contributed by atoms with Crippen molar-refractivity contribution >= 4 is 23.2 Å². The van der Waals surface area contributed by atoms with Gasteiger partial charge in [-0.25, -0.2) is 4.79 Å². The number of amides is 1. The van der Waals surface area contributed by atoms with Crippen LogP contribution in [0.25, 0.3) is 10.6 Å². The molecule has 0 saturated heterocycles. The molecule has 1 amide bonds. The molecular formula is C19H16N2O3S. The zero-order chi connectivity index (χ0) is 17.6. The minimum absolute atomic E-state index is 0.203. The fourth-order valence-corrected chi connectivity index (χ4v) is 3.00. The molecule has 1 N–H and O–H groups in total. The number of carbonyl (C=O) groups excluding carboxylic acids is 2. The van der Waals surface area contributed by atoms with Gasteiger partial charge in [-0.2, -0.15) is 0 Å². The Labute approximate surface area is 149 Å². The van der Waals surface area contributed by atoms with Crippen molar-refractivity contribution in [2.24, 2.45) is 0 Å². The lowest BCUT2D eigenvalue weighted by Crippen LogP contribution is -2.22. The largest absolute Gasteiger partial charge is 0.465 e. The molecule has 0 bridgehead atoms. The van der Waals surface area contributed by atoms with Gasteiger partial charge in [-0.15, -0.1) is 11.3 Å². The molecule has 0 saturated carbocycles. The highest BCUT2D eigenvalue weighted by Gasteiger charge is 2.09. The standard InChI is InChI=1S/C19H16N2O3S/c1-24-19(23)15-6-4-14(5-7-15)18(22)21-12-13-8-9-20-16(11-13)17-3-2-10-25-17/h2-11H,12H2,1H3,(H,21,22). The normalized spacial score (nSPS) is 10.3. The first kappa shape index (κ1) is 16.9. The molecule has 0 spiro atoms. The molecule has 0 atom stereocenters. The van der Waals surface area contributed by atoms with Gasteiger partial charge in [-0.05, 0) is 53.4 Å². The van der Waals surface area contributed by atoms with E-state index < -0.39 is 5.97 Å². The van der Waals surface area contributed by atoms with Crippen LogP contribution in [0, 0.1) is 0 Å². The van der Waals surface area contributed by atoms with E-state index in [1.807, 2.05) is 29.6 Å². The average molecular weight is 352 g/mol. The van der Waals surface area contributed by atoms with Crippen LogP contribution in [0.2, 0.25) is 0 Å². The highest BCUT2D eigenvalue weighted by molar-refractivity contribution is 7.13. The van der Waals surface area contributed by atoms with Gasteiger partial charge in [0.2, 0.25) is 0 Å². The van der Waals surface area contributed by atoms with Crippen LogP contribution in [0.5, 0.6) is 0 Å². The number of hydrogen-bond acceptors (Lipinski definition) is 5. The number of benzene rings is 1. The van der Waals surface area contributed by atoms with Crippen LogP contribution in [-0.4, -0.2) is 24.0 Å². The number of ether oxygens (including phenoxy) is 1. The Morgan fingerprint density at radius 2 is 1.88 bits per heavy atom. The molecule has 126 valence electrons. The first-order valence-corrected chi connectivity index (χ1v) is 8.51. The molecular weight excluding hydrogens is 336 g/mol. The Hall–Kier alpha value is -2.99. The van der Waals surface area contributed by atoms with Gasteiger partial charge >= 0.3 is 5.97 Å². The highest BCUT2D eigenvalue weighted by Crippen LogP contribution is 2.23. The van der Waals surface area contributed by atoms with E-state index in [0.29, 0.717) is 17.7 Å². The number of rotatable bonds is 5. The maximum atomic E-state index is 12.2. The maximum absolute atomic E-state index is 12.2. The highest BCUT2D eigenvalue weighted by atomic mass is 32.1. The predicted molar refractivity (Wildman–Crippen MR) is 96.5 cm³/mol. The summed E-state index contributed by atoms with van der Waals surface area (Å²) in [6, 6.07) is 14.2. The van der Waals surface area contributed by atoms with Crippen LogP contribution in [0.4, 0.5) is 0 Å². The molecule has 3 aromatic rings. The number of thiophene rings is 1. The Balaban J connectivity index is 1.64. The third kappa shape index (κ3) is 4.10. The topological polar surface area (TPSA) is 68.3 Å². The van der Waals surface area contributed by atoms with Crippen LogP contribution >= 0.6 is 11.3 Å². The number of aromatic nitrogens is 1. The minimum atomic E-state index is -0.426. The number of nitrogens with one attached hydrogen (secondary N) is 1. The summed E-state index contributed by atoms with van der Waals surface area (Å²) in [5, 5.41) is 4.87. The van der Waals surface area contributed by atoms with Gasteiger partial charge in [0.25, 0.3) is 5.91 Å². The Bertz CT molecular complexity index is 874. The Morgan fingerprint density at radius 1 is 1.12 bits per heavy atom. The zero-order valence-electron chi connectivity index (χ0n) is 13.6. The lowest BCUT2D eigenvalue weighted by Gasteiger charge is -2.07. The van der Waals surface area contributed by atoms with E-state index in [0.717, 1.165) is 16.1 Å². The van der Waals surface area contributed by atoms with Crippen molar-refractivity contribution < 1.29 is 14.3 Å². The third-order valence-corrected chi connectivity index (χ3v) is 4.51. The summed E-state index contributed by atoms with van der Waals surface area (Å²) in [7, 11) is 1.32. The summed E-state index contributed by atoms with van der Waals surface area (Å²) in [4.78, 5) is 29.1. The molecule has 2 heterocycles. The summed E-state index contributed by atoms with van der Waals surface area (Å²) >= 11 is 1.62. The van der Waals surface area contributed by atoms with E-state index in [2.05, 4.69) is 15.0 Å². The van der Waals surface area contributed by atoms with Gasteiger partial charge in [0.05, 0.1) is 23.2 Å². The quantitative estimate of drug-likeness (QED) is 0.713. The molecule has 0 aliphatic heterocycles. The van der Waals surface area contributed by atoms with Gasteiger partial charge in [-0.3, -0.25) is 9.78 Å². The van der Waals surface area contributed by atoms with Crippen molar-refractivity contribution in [3.05, 3.63) is 76.8 Å². The monoisotopic (exact) mass is 352 g/mol. The van der Waals surface area contributed by atoms with Crippen LogP contribution in [0.15, 0.2) is 60.1 Å². The van der Waals surface area contributed by atoms with Crippen molar-refractivity contribution in [1.82, 2.24) is 10.3 Å². The molecule has 0 aliphatic rings. The van der Waals surface area contributed by atoms with E-state index >= 15 is 0 Å². The Kier molecular flexibility index (Phi) is 5.20. The van der Waals surface area contributed by atoms with E-state index in [-0.39, 0.29) is 5.91 Å².